The zero-order valence-corrected chi connectivity index (χ0v) is 19.9. The third-order valence-corrected chi connectivity index (χ3v) is 6.60. The van der Waals surface area contributed by atoms with Crippen molar-refractivity contribution in [1.29, 1.82) is 0 Å². The third kappa shape index (κ3) is 3.12. The van der Waals surface area contributed by atoms with Gasteiger partial charge in [0.15, 0.2) is 21.8 Å². The Morgan fingerprint density at radius 2 is 1.89 bits per heavy atom. The molecule has 8 nitrogen and oxygen atoms in total. The number of aromatic nitrogens is 4. The number of nitrogens with zero attached hydrogens (tertiary/aromatic N) is 4. The number of ether oxygens (including phenoxy) is 1. The first-order chi connectivity index (χ1) is 17.1. The molecule has 5 heterocycles. The molecule has 0 amide bonds. The first kappa shape index (κ1) is 20.4. The minimum atomic E-state index is -0.607. The van der Waals surface area contributed by atoms with Gasteiger partial charge in [-0.25, -0.2) is 19.3 Å². The van der Waals surface area contributed by atoms with Crippen molar-refractivity contribution in [3.05, 3.63) is 104 Å². The summed E-state index contributed by atoms with van der Waals surface area (Å²) >= 11 is 9.67. The van der Waals surface area contributed by atoms with Gasteiger partial charge in [-0.3, -0.25) is 0 Å². The van der Waals surface area contributed by atoms with E-state index in [0.29, 0.717) is 60.6 Å². The van der Waals surface area contributed by atoms with Crippen LogP contribution in [-0.4, -0.2) is 19.6 Å². The molecule has 0 fully saturated rings. The molecule has 2 aromatic carbocycles. The Kier molecular flexibility index (Phi) is 4.39. The van der Waals surface area contributed by atoms with Crippen molar-refractivity contribution in [3.8, 4) is 23.2 Å². The molecule has 1 atom stereocenters. The molecule has 0 aliphatic carbocycles. The van der Waals surface area contributed by atoms with Crippen molar-refractivity contribution in [1.82, 2.24) is 19.6 Å². The number of rotatable bonds is 2. The Bertz CT molecular complexity index is 1860. The van der Waals surface area contributed by atoms with Crippen LogP contribution in [-0.2, 0) is 0 Å². The van der Waals surface area contributed by atoms with E-state index in [0.717, 1.165) is 5.56 Å². The molecule has 4 aromatic heterocycles. The molecule has 6 aromatic rings. The Hall–Kier alpha value is -3.95. The van der Waals surface area contributed by atoms with Crippen LogP contribution in [0.4, 0.5) is 0 Å². The van der Waals surface area contributed by atoms with Crippen LogP contribution in [0.2, 0.25) is 5.02 Å². The highest BCUT2D eigenvalue weighted by atomic mass is 79.9. The van der Waals surface area contributed by atoms with E-state index in [4.69, 9.17) is 30.2 Å². The van der Waals surface area contributed by atoms with E-state index in [1.807, 2.05) is 30.3 Å². The summed E-state index contributed by atoms with van der Waals surface area (Å²) in [6.07, 6.45) is 1.52. The lowest BCUT2D eigenvalue weighted by atomic mass is 9.84. The number of benzene rings is 2. The van der Waals surface area contributed by atoms with Crippen molar-refractivity contribution in [2.75, 3.05) is 0 Å². The van der Waals surface area contributed by atoms with Crippen LogP contribution in [0.25, 0.3) is 28.2 Å². The molecule has 0 saturated heterocycles. The van der Waals surface area contributed by atoms with E-state index in [2.05, 4.69) is 26.0 Å². The van der Waals surface area contributed by atoms with E-state index in [9.17, 15) is 4.79 Å². The zero-order valence-electron chi connectivity index (χ0n) is 17.6. The standard InChI is InChI=1S/C25H12BrClN4O4/c26-17-9-8-16(33-17)22-29-23-20-18(12-4-3-5-13(27)10-12)19-21(35-24(20)28-11-31(23)30-22)14-6-1-2-7-15(14)34-25(19)32/h1-11,18H. The second-order valence-corrected chi connectivity index (χ2v) is 9.21. The second-order valence-electron chi connectivity index (χ2n) is 7.99. The maximum atomic E-state index is 13.4. The van der Waals surface area contributed by atoms with E-state index < -0.39 is 11.5 Å². The van der Waals surface area contributed by atoms with Gasteiger partial charge in [0.1, 0.15) is 11.9 Å². The molecule has 35 heavy (non-hydrogen) atoms. The van der Waals surface area contributed by atoms with Gasteiger partial charge in [-0.05, 0) is 57.9 Å². The lowest BCUT2D eigenvalue weighted by Crippen LogP contribution is -2.22. The highest BCUT2D eigenvalue weighted by molar-refractivity contribution is 9.10. The first-order valence-corrected chi connectivity index (χ1v) is 11.7. The molecule has 1 aliphatic rings. The van der Waals surface area contributed by atoms with Gasteiger partial charge >= 0.3 is 5.63 Å². The van der Waals surface area contributed by atoms with Gasteiger partial charge in [-0.2, -0.15) is 0 Å². The predicted molar refractivity (Wildman–Crippen MR) is 131 cm³/mol. The zero-order chi connectivity index (χ0) is 23.7. The first-order valence-electron chi connectivity index (χ1n) is 10.6. The normalized spacial score (nSPS) is 14.6. The Balaban J connectivity index is 1.56. The number of para-hydroxylation sites is 1. The fourth-order valence-corrected chi connectivity index (χ4v) is 4.99. The lowest BCUT2D eigenvalue weighted by Gasteiger charge is -2.27. The van der Waals surface area contributed by atoms with Crippen LogP contribution in [0.3, 0.4) is 0 Å². The molecule has 0 spiro atoms. The predicted octanol–water partition coefficient (Wildman–Crippen LogP) is 6.19. The SMILES string of the molecule is O=c1oc2ccccc2c2c1C(c1cccc(Cl)c1)c1c(ncn3nc(-c4ccc(Br)o4)nc13)O2. The molecule has 10 heteroatoms. The number of fused-ring (bicyclic) bond motifs is 6. The lowest BCUT2D eigenvalue weighted by molar-refractivity contribution is 0.422. The topological polar surface area (TPSA) is 95.7 Å². The quantitative estimate of drug-likeness (QED) is 0.238. The van der Waals surface area contributed by atoms with Crippen molar-refractivity contribution in [3.63, 3.8) is 0 Å². The molecule has 0 bridgehead atoms. The van der Waals surface area contributed by atoms with Gasteiger partial charge in [0.05, 0.1) is 22.4 Å². The van der Waals surface area contributed by atoms with Gasteiger partial charge < -0.3 is 13.6 Å². The fourth-order valence-electron chi connectivity index (χ4n) is 4.49. The van der Waals surface area contributed by atoms with Crippen molar-refractivity contribution in [2.45, 2.75) is 5.92 Å². The Morgan fingerprint density at radius 3 is 2.71 bits per heavy atom. The van der Waals surface area contributed by atoms with Crippen LogP contribution in [0.15, 0.2) is 85.3 Å². The van der Waals surface area contributed by atoms with Gasteiger partial charge in [0.2, 0.25) is 11.7 Å². The summed E-state index contributed by atoms with van der Waals surface area (Å²) in [6, 6.07) is 18.1. The van der Waals surface area contributed by atoms with Crippen LogP contribution in [0.1, 0.15) is 22.6 Å². The Morgan fingerprint density at radius 1 is 1.00 bits per heavy atom. The van der Waals surface area contributed by atoms with E-state index in [1.165, 1.54) is 6.33 Å². The summed E-state index contributed by atoms with van der Waals surface area (Å²) in [4.78, 5) is 22.6. The van der Waals surface area contributed by atoms with Crippen molar-refractivity contribution >= 4 is 44.1 Å². The van der Waals surface area contributed by atoms with Gasteiger partial charge in [-0.15, -0.1) is 5.10 Å². The third-order valence-electron chi connectivity index (χ3n) is 5.94. The van der Waals surface area contributed by atoms with Crippen LogP contribution < -0.4 is 10.4 Å². The minimum Gasteiger partial charge on any atom is -0.446 e. The molecular weight excluding hydrogens is 536 g/mol. The number of hydrogen-bond donors (Lipinski definition) is 0. The largest absolute Gasteiger partial charge is 0.446 e. The molecular formula is C25H12BrClN4O4. The molecule has 1 aliphatic heterocycles. The molecule has 1 unspecified atom stereocenters. The number of hydrogen-bond acceptors (Lipinski definition) is 7. The average Bonchev–Trinajstić information content (AvgIpc) is 3.49. The van der Waals surface area contributed by atoms with Gasteiger partial charge in [0.25, 0.3) is 0 Å². The van der Waals surface area contributed by atoms with E-state index in [-0.39, 0.29) is 0 Å². The fraction of sp³-hybridized carbons (Fsp3) is 0.0400. The smallest absolute Gasteiger partial charge is 0.344 e. The monoisotopic (exact) mass is 546 g/mol. The summed E-state index contributed by atoms with van der Waals surface area (Å²) in [5.41, 5.74) is 2.09. The van der Waals surface area contributed by atoms with Gasteiger partial charge in [-0.1, -0.05) is 35.9 Å². The van der Waals surface area contributed by atoms with Crippen molar-refractivity contribution in [2.24, 2.45) is 0 Å². The summed E-state index contributed by atoms with van der Waals surface area (Å²) in [5, 5.41) is 5.73. The van der Waals surface area contributed by atoms with Gasteiger partial charge in [0, 0.05) is 5.02 Å². The molecule has 0 N–H and O–H groups in total. The van der Waals surface area contributed by atoms with Crippen molar-refractivity contribution < 1.29 is 13.6 Å². The molecule has 0 saturated carbocycles. The highest BCUT2D eigenvalue weighted by Crippen LogP contribution is 2.49. The van der Waals surface area contributed by atoms with E-state index >= 15 is 0 Å². The maximum Gasteiger partial charge on any atom is 0.344 e. The van der Waals surface area contributed by atoms with Crippen LogP contribution >= 0.6 is 27.5 Å². The molecule has 7 rings (SSSR count). The number of halogens is 2. The summed E-state index contributed by atoms with van der Waals surface area (Å²) < 4.78 is 19.7. The van der Waals surface area contributed by atoms with E-state index in [1.54, 1.807) is 34.8 Å². The summed E-state index contributed by atoms with van der Waals surface area (Å²) in [7, 11) is 0. The Labute approximate surface area is 209 Å². The van der Waals surface area contributed by atoms with Crippen LogP contribution in [0.5, 0.6) is 11.6 Å². The molecule has 170 valence electrons. The summed E-state index contributed by atoms with van der Waals surface area (Å²) in [5.74, 6) is 0.972. The second kappa shape index (κ2) is 7.53. The highest BCUT2D eigenvalue weighted by Gasteiger charge is 2.37. The summed E-state index contributed by atoms with van der Waals surface area (Å²) in [6.45, 7) is 0. The average molecular weight is 548 g/mol. The number of furan rings is 1. The molecule has 0 radical (unpaired) electrons. The minimum absolute atomic E-state index is 0.324. The maximum absolute atomic E-state index is 13.4. The van der Waals surface area contributed by atoms with Crippen LogP contribution in [0, 0.1) is 0 Å².